The van der Waals surface area contributed by atoms with E-state index in [1.165, 1.54) is 77.9 Å². The van der Waals surface area contributed by atoms with Crippen LogP contribution in [-0.2, 0) is 5.41 Å². The molecular weight excluding hydrogens is 1170 g/mol. The normalized spacial score (nSPS) is 12.2. The van der Waals surface area contributed by atoms with Crippen molar-refractivity contribution < 1.29 is 0 Å². The van der Waals surface area contributed by atoms with Crippen molar-refractivity contribution in [3.63, 3.8) is 0 Å². The monoisotopic (exact) mass is 1230 g/mol. The van der Waals surface area contributed by atoms with Crippen molar-refractivity contribution in [2.45, 2.75) is 5.41 Å². The van der Waals surface area contributed by atoms with E-state index >= 15 is 0 Å². The molecule has 3 heteroatoms. The Kier molecular flexibility index (Phi) is 14.1. The van der Waals surface area contributed by atoms with Gasteiger partial charge in [-0.2, -0.15) is 0 Å². The van der Waals surface area contributed by atoms with E-state index in [4.69, 9.17) is 15.0 Å². The first-order chi connectivity index (χ1) is 48.0. The Labute approximate surface area is 565 Å². The van der Waals surface area contributed by atoms with E-state index in [0.717, 1.165) is 83.5 Å². The minimum Gasteiger partial charge on any atom is -0.208 e. The lowest BCUT2D eigenvalue weighted by atomic mass is 9.70. The van der Waals surface area contributed by atoms with Crippen LogP contribution in [0.3, 0.4) is 0 Å². The van der Waals surface area contributed by atoms with Crippen LogP contribution in [0.4, 0.5) is 0 Å². The fraction of sp³-hybridized carbons (Fsp3) is 0.0106. The Morgan fingerprint density at radius 1 is 0.134 bits per heavy atom. The maximum Gasteiger partial charge on any atom is 0.164 e. The maximum atomic E-state index is 5.39. The highest BCUT2D eigenvalue weighted by Crippen LogP contribution is 2.63. The molecule has 1 spiro atoms. The molecule has 18 rings (SSSR count). The molecule has 3 nitrogen and oxygen atoms in total. The predicted octanol–water partition coefficient (Wildman–Crippen LogP) is 24.2. The van der Waals surface area contributed by atoms with Gasteiger partial charge >= 0.3 is 0 Å². The van der Waals surface area contributed by atoms with Gasteiger partial charge in [0, 0.05) is 16.7 Å². The van der Waals surface area contributed by atoms with E-state index < -0.39 is 5.41 Å². The van der Waals surface area contributed by atoms with Crippen LogP contribution in [0.1, 0.15) is 22.3 Å². The van der Waals surface area contributed by atoms with Crippen molar-refractivity contribution in [3.8, 4) is 157 Å². The van der Waals surface area contributed by atoms with E-state index in [-0.39, 0.29) is 0 Å². The van der Waals surface area contributed by atoms with Crippen molar-refractivity contribution in [2.24, 2.45) is 0 Å². The summed E-state index contributed by atoms with van der Waals surface area (Å²) in [6.07, 6.45) is 0. The van der Waals surface area contributed by atoms with Crippen LogP contribution in [0, 0.1) is 0 Å². The van der Waals surface area contributed by atoms with E-state index in [9.17, 15) is 0 Å². The molecule has 0 N–H and O–H groups in total. The zero-order valence-electron chi connectivity index (χ0n) is 53.1. The lowest BCUT2D eigenvalue weighted by Gasteiger charge is -2.30. The molecule has 0 radical (unpaired) electrons. The second-order valence-electron chi connectivity index (χ2n) is 25.4. The molecule has 1 aromatic heterocycles. The minimum atomic E-state index is -0.410. The van der Waals surface area contributed by atoms with E-state index in [0.29, 0.717) is 17.5 Å². The molecule has 15 aromatic carbocycles. The van der Waals surface area contributed by atoms with Gasteiger partial charge in [-0.15, -0.1) is 0 Å². The fourth-order valence-corrected chi connectivity index (χ4v) is 15.1. The molecule has 0 atom stereocenters. The Morgan fingerprint density at radius 3 is 0.608 bits per heavy atom. The van der Waals surface area contributed by atoms with Crippen LogP contribution in [0.15, 0.2) is 370 Å². The molecule has 0 amide bonds. The van der Waals surface area contributed by atoms with Gasteiger partial charge in [0.05, 0.1) is 5.41 Å². The summed E-state index contributed by atoms with van der Waals surface area (Å²) in [6, 6.07) is 134. The summed E-state index contributed by atoms with van der Waals surface area (Å²) in [5, 5.41) is 0. The van der Waals surface area contributed by atoms with Gasteiger partial charge in [0.1, 0.15) is 0 Å². The van der Waals surface area contributed by atoms with Crippen molar-refractivity contribution in [2.75, 3.05) is 0 Å². The molecular formula is C94H61N3. The number of hydrogen-bond acceptors (Lipinski definition) is 3. The zero-order chi connectivity index (χ0) is 64.2. The second kappa shape index (κ2) is 24.0. The van der Waals surface area contributed by atoms with Crippen LogP contribution in [0.5, 0.6) is 0 Å². The van der Waals surface area contributed by atoms with Crippen LogP contribution >= 0.6 is 0 Å². The quantitative estimate of drug-likeness (QED) is 0.122. The van der Waals surface area contributed by atoms with Crippen LogP contribution in [-0.4, -0.2) is 15.0 Å². The van der Waals surface area contributed by atoms with Crippen LogP contribution in [0.25, 0.3) is 157 Å². The third-order valence-electron chi connectivity index (χ3n) is 19.7. The molecule has 97 heavy (non-hydrogen) atoms. The molecule has 0 unspecified atom stereocenters. The molecule has 0 saturated carbocycles. The first-order valence-corrected chi connectivity index (χ1v) is 33.3. The van der Waals surface area contributed by atoms with Crippen molar-refractivity contribution in [1.82, 2.24) is 15.0 Å². The van der Waals surface area contributed by atoms with Gasteiger partial charge in [-0.25, -0.2) is 15.0 Å². The summed E-state index contributed by atoms with van der Waals surface area (Å²) in [5.74, 6) is 1.77. The number of rotatable bonds is 12. The molecule has 2 aliphatic carbocycles. The summed E-state index contributed by atoms with van der Waals surface area (Å²) in [7, 11) is 0. The SMILES string of the molecule is c1ccc(-c2cccc(-c3cccc(-c4cccc(-c5nc(-c6cccc(-c7cccc(-c8cccc(-c9ccccc9)c8)c7)c6)nc(-c6cccc(-c7cccc(-c8cccc(-c9ccc%10c(c9)C9(c%11ccccc%11-c%11ccccc%119)c9ccccc9-%10)c8)c7)c6)n5)c4)c3)c2)cc1. The van der Waals surface area contributed by atoms with Gasteiger partial charge in [0.25, 0.3) is 0 Å². The molecule has 452 valence electrons. The second-order valence-corrected chi connectivity index (χ2v) is 25.4. The number of aromatic nitrogens is 3. The summed E-state index contributed by atoms with van der Waals surface area (Å²) in [4.78, 5) is 16.1. The van der Waals surface area contributed by atoms with Gasteiger partial charge in [0.2, 0.25) is 0 Å². The van der Waals surface area contributed by atoms with Gasteiger partial charge in [0.15, 0.2) is 17.5 Å². The first kappa shape index (κ1) is 57.0. The molecule has 2 aliphatic rings. The Bertz CT molecular complexity index is 5470. The van der Waals surface area contributed by atoms with Gasteiger partial charge < -0.3 is 0 Å². The Balaban J connectivity index is 0.700. The average Bonchev–Trinajstić information content (AvgIpc) is 1.51. The third-order valence-corrected chi connectivity index (χ3v) is 19.7. The summed E-state index contributed by atoms with van der Waals surface area (Å²) in [6.45, 7) is 0. The van der Waals surface area contributed by atoms with E-state index in [1.54, 1.807) is 0 Å². The largest absolute Gasteiger partial charge is 0.208 e. The van der Waals surface area contributed by atoms with Crippen molar-refractivity contribution in [3.05, 3.63) is 392 Å². The maximum absolute atomic E-state index is 5.39. The van der Waals surface area contributed by atoms with Gasteiger partial charge in [-0.3, -0.25) is 0 Å². The number of hydrogen-bond donors (Lipinski definition) is 0. The van der Waals surface area contributed by atoms with Crippen LogP contribution in [0.2, 0.25) is 0 Å². The number of benzene rings is 15. The molecule has 0 aliphatic heterocycles. The minimum absolute atomic E-state index is 0.410. The third kappa shape index (κ3) is 10.3. The van der Waals surface area contributed by atoms with E-state index in [2.05, 4.69) is 370 Å². The van der Waals surface area contributed by atoms with Crippen LogP contribution < -0.4 is 0 Å². The molecule has 16 aromatic rings. The highest BCUT2D eigenvalue weighted by molar-refractivity contribution is 5.96. The number of fused-ring (bicyclic) bond motifs is 10. The lowest BCUT2D eigenvalue weighted by molar-refractivity contribution is 0.794. The van der Waals surface area contributed by atoms with Gasteiger partial charge in [-0.1, -0.05) is 309 Å². The summed E-state index contributed by atoms with van der Waals surface area (Å²) in [5.41, 5.74) is 33.4. The molecule has 0 fully saturated rings. The van der Waals surface area contributed by atoms with Gasteiger partial charge in [-0.05, 0) is 205 Å². The smallest absolute Gasteiger partial charge is 0.164 e. The highest BCUT2D eigenvalue weighted by Gasteiger charge is 2.51. The summed E-state index contributed by atoms with van der Waals surface area (Å²) < 4.78 is 0. The number of nitrogens with zero attached hydrogens (tertiary/aromatic N) is 3. The molecule has 0 bridgehead atoms. The van der Waals surface area contributed by atoms with E-state index in [1.807, 2.05) is 0 Å². The molecule has 1 heterocycles. The lowest BCUT2D eigenvalue weighted by Crippen LogP contribution is -2.25. The average molecular weight is 1230 g/mol. The van der Waals surface area contributed by atoms with Crippen molar-refractivity contribution in [1.29, 1.82) is 0 Å². The first-order valence-electron chi connectivity index (χ1n) is 33.3. The topological polar surface area (TPSA) is 38.7 Å². The zero-order valence-corrected chi connectivity index (χ0v) is 53.1. The molecule has 0 saturated heterocycles. The fourth-order valence-electron chi connectivity index (χ4n) is 15.1. The predicted molar refractivity (Wildman–Crippen MR) is 401 cm³/mol. The van der Waals surface area contributed by atoms with Crippen molar-refractivity contribution >= 4 is 0 Å². The Morgan fingerprint density at radius 2 is 0.330 bits per heavy atom. The summed E-state index contributed by atoms with van der Waals surface area (Å²) >= 11 is 0. The standard InChI is InChI=1S/C94H61N3/c1-3-22-62(23-4-1)64-26-13-28-66(52-64)68-30-15-34-72(54-68)76-38-19-41-80(58-76)91-95-92(81-42-20-39-77(59-81)73-35-16-31-69(55-73)67-29-14-27-65(53-67)63-24-5-2-6-25-63)97-93(96-91)82-43-21-40-78(60-82)74-36-17-32-70(56-74)71-33-18-37-75(57-71)79-50-51-86-85-46-9-12-49-89(85)94(90(86)61-79)87-47-10-7-44-83(87)84-45-8-11-48-88(84)94/h1-61H. The Hall–Kier alpha value is -12.7. The highest BCUT2D eigenvalue weighted by atomic mass is 15.0.